The fourth-order valence-electron chi connectivity index (χ4n) is 1.25. The van der Waals surface area contributed by atoms with Crippen LogP contribution < -0.4 is 5.32 Å². The Morgan fingerprint density at radius 2 is 2.25 bits per heavy atom. The predicted octanol–water partition coefficient (Wildman–Crippen LogP) is 0.925. The second-order valence-corrected chi connectivity index (χ2v) is 3.60. The van der Waals surface area contributed by atoms with Crippen molar-refractivity contribution in [2.45, 2.75) is 0 Å². The van der Waals surface area contributed by atoms with Gasteiger partial charge in [0.1, 0.15) is 0 Å². The van der Waals surface area contributed by atoms with Crippen molar-refractivity contribution in [3.8, 4) is 0 Å². The van der Waals surface area contributed by atoms with Gasteiger partial charge in [-0.05, 0) is 5.41 Å². The highest BCUT2D eigenvalue weighted by molar-refractivity contribution is 8.05. The third-order valence-corrected chi connectivity index (χ3v) is 2.77. The first-order chi connectivity index (χ1) is 5.97. The number of hydrogen-bond acceptors (Lipinski definition) is 4. The second-order valence-electron chi connectivity index (χ2n) is 2.67. The number of nitrogens with zero attached hydrogens (tertiary/aromatic N) is 1. The van der Waals surface area contributed by atoms with Crippen molar-refractivity contribution < 1.29 is 4.74 Å². The van der Waals surface area contributed by atoms with Crippen LogP contribution in [0.2, 0.25) is 0 Å². The summed E-state index contributed by atoms with van der Waals surface area (Å²) in [7, 11) is 0. The minimum atomic E-state index is 0.849. The van der Waals surface area contributed by atoms with Gasteiger partial charge < -0.3 is 15.0 Å². The van der Waals surface area contributed by atoms with E-state index in [9.17, 15) is 0 Å². The molecule has 1 fully saturated rings. The summed E-state index contributed by atoms with van der Waals surface area (Å²) in [4.78, 5) is 2.34. The van der Waals surface area contributed by atoms with Gasteiger partial charge in [0.25, 0.3) is 0 Å². The second kappa shape index (κ2) is 3.87. The Bertz CT molecular complexity index is 209. The van der Waals surface area contributed by atoms with Crippen LogP contribution in [0.4, 0.5) is 0 Å². The highest BCUT2D eigenvalue weighted by Crippen LogP contribution is 2.23. The Morgan fingerprint density at radius 3 is 2.92 bits per heavy atom. The SMILES string of the molecule is C1=CSC(N2CCOCC2)=CN1. The molecule has 0 atom stereocenters. The molecule has 1 saturated heterocycles. The van der Waals surface area contributed by atoms with E-state index in [2.05, 4.69) is 15.6 Å². The maximum absolute atomic E-state index is 5.27. The van der Waals surface area contributed by atoms with Crippen LogP contribution in [0.15, 0.2) is 22.8 Å². The molecule has 0 aliphatic carbocycles. The van der Waals surface area contributed by atoms with Gasteiger partial charge in [0.2, 0.25) is 0 Å². The van der Waals surface area contributed by atoms with Gasteiger partial charge in [-0.1, -0.05) is 11.8 Å². The number of nitrogens with one attached hydrogen (secondary N) is 1. The van der Waals surface area contributed by atoms with Crippen LogP contribution in [0.25, 0.3) is 0 Å². The first-order valence-electron chi connectivity index (χ1n) is 4.07. The van der Waals surface area contributed by atoms with Crippen molar-refractivity contribution in [2.24, 2.45) is 0 Å². The maximum atomic E-state index is 5.27. The zero-order valence-electron chi connectivity index (χ0n) is 6.82. The lowest BCUT2D eigenvalue weighted by atomic mass is 10.4. The highest BCUT2D eigenvalue weighted by Gasteiger charge is 2.13. The van der Waals surface area contributed by atoms with E-state index in [4.69, 9.17) is 4.74 Å². The fourth-order valence-corrected chi connectivity index (χ4v) is 2.00. The summed E-state index contributed by atoms with van der Waals surface area (Å²) in [5.41, 5.74) is 0. The lowest BCUT2D eigenvalue weighted by molar-refractivity contribution is 0.0575. The van der Waals surface area contributed by atoms with Crippen LogP contribution in [0.5, 0.6) is 0 Å². The molecular formula is C8H12N2OS. The summed E-state index contributed by atoms with van der Waals surface area (Å²) in [5, 5.41) is 6.44. The average molecular weight is 184 g/mol. The molecule has 0 radical (unpaired) electrons. The van der Waals surface area contributed by atoms with E-state index in [1.54, 1.807) is 11.8 Å². The molecule has 0 aromatic rings. The third-order valence-electron chi connectivity index (χ3n) is 1.88. The molecule has 2 aliphatic rings. The van der Waals surface area contributed by atoms with E-state index in [1.807, 2.05) is 12.4 Å². The predicted molar refractivity (Wildman–Crippen MR) is 50.3 cm³/mol. The molecule has 0 saturated carbocycles. The summed E-state index contributed by atoms with van der Waals surface area (Å²) in [6.45, 7) is 3.71. The molecule has 12 heavy (non-hydrogen) atoms. The van der Waals surface area contributed by atoms with Crippen LogP contribution >= 0.6 is 11.8 Å². The first kappa shape index (κ1) is 8.01. The number of rotatable bonds is 1. The normalized spacial score (nSPS) is 23.3. The minimum Gasteiger partial charge on any atom is -0.378 e. The first-order valence-corrected chi connectivity index (χ1v) is 4.95. The smallest absolute Gasteiger partial charge is 0.0915 e. The minimum absolute atomic E-state index is 0.849. The van der Waals surface area contributed by atoms with Gasteiger partial charge >= 0.3 is 0 Å². The molecular weight excluding hydrogens is 172 g/mol. The Balaban J connectivity index is 1.93. The quantitative estimate of drug-likeness (QED) is 0.655. The molecule has 3 nitrogen and oxygen atoms in total. The van der Waals surface area contributed by atoms with Crippen molar-refractivity contribution >= 4 is 11.8 Å². The van der Waals surface area contributed by atoms with Crippen molar-refractivity contribution in [3.05, 3.63) is 22.8 Å². The summed E-state index contributed by atoms with van der Waals surface area (Å²) in [6.07, 6.45) is 3.98. The third kappa shape index (κ3) is 1.76. The zero-order chi connectivity index (χ0) is 8.23. The van der Waals surface area contributed by atoms with Gasteiger partial charge in [-0.3, -0.25) is 0 Å². The van der Waals surface area contributed by atoms with E-state index in [0.717, 1.165) is 26.3 Å². The summed E-state index contributed by atoms with van der Waals surface area (Å²) in [5.74, 6) is 0. The number of thioether (sulfide) groups is 1. The standard InChI is InChI=1S/C8H12N2OS/c1-6-12-8(7-9-1)10-2-4-11-5-3-10/h1,6-7,9H,2-5H2. The van der Waals surface area contributed by atoms with Crippen LogP contribution in [0.3, 0.4) is 0 Å². The zero-order valence-corrected chi connectivity index (χ0v) is 7.64. The van der Waals surface area contributed by atoms with Gasteiger partial charge in [0, 0.05) is 25.5 Å². The highest BCUT2D eigenvalue weighted by atomic mass is 32.2. The molecule has 0 aromatic carbocycles. The average Bonchev–Trinajstić information content (AvgIpc) is 2.21. The number of ether oxygens (including phenoxy) is 1. The van der Waals surface area contributed by atoms with Crippen molar-refractivity contribution in [3.63, 3.8) is 0 Å². The van der Waals surface area contributed by atoms with Crippen molar-refractivity contribution in [2.75, 3.05) is 26.3 Å². The molecule has 0 spiro atoms. The topological polar surface area (TPSA) is 24.5 Å². The molecule has 2 heterocycles. The largest absolute Gasteiger partial charge is 0.378 e. The summed E-state index contributed by atoms with van der Waals surface area (Å²) in [6, 6.07) is 0. The fraction of sp³-hybridized carbons (Fsp3) is 0.500. The van der Waals surface area contributed by atoms with Crippen LogP contribution in [-0.2, 0) is 4.74 Å². The molecule has 0 bridgehead atoms. The van der Waals surface area contributed by atoms with Gasteiger partial charge in [-0.2, -0.15) is 0 Å². The summed E-state index contributed by atoms with van der Waals surface area (Å²) >= 11 is 1.76. The number of morpholine rings is 1. The van der Waals surface area contributed by atoms with Crippen molar-refractivity contribution in [1.29, 1.82) is 0 Å². The van der Waals surface area contributed by atoms with E-state index in [1.165, 1.54) is 5.03 Å². The molecule has 1 N–H and O–H groups in total. The van der Waals surface area contributed by atoms with E-state index in [-0.39, 0.29) is 0 Å². The van der Waals surface area contributed by atoms with E-state index >= 15 is 0 Å². The molecule has 0 amide bonds. The van der Waals surface area contributed by atoms with Gasteiger partial charge in [0.05, 0.1) is 18.2 Å². The molecule has 0 unspecified atom stereocenters. The lowest BCUT2D eigenvalue weighted by Crippen LogP contribution is -2.35. The Kier molecular flexibility index (Phi) is 2.58. The van der Waals surface area contributed by atoms with Crippen LogP contribution in [0.1, 0.15) is 0 Å². The van der Waals surface area contributed by atoms with Gasteiger partial charge in [-0.25, -0.2) is 0 Å². The maximum Gasteiger partial charge on any atom is 0.0915 e. The molecule has 66 valence electrons. The molecule has 2 rings (SSSR count). The molecule has 4 heteroatoms. The number of hydrogen-bond donors (Lipinski definition) is 1. The lowest BCUT2D eigenvalue weighted by Gasteiger charge is -2.30. The van der Waals surface area contributed by atoms with Gasteiger partial charge in [0.15, 0.2) is 0 Å². The Morgan fingerprint density at radius 1 is 1.42 bits per heavy atom. The Labute approximate surface area is 76.4 Å². The Hall–Kier alpha value is -0.610. The molecule has 0 aromatic heterocycles. The summed E-state index contributed by atoms with van der Waals surface area (Å²) < 4.78 is 5.27. The van der Waals surface area contributed by atoms with Crippen LogP contribution in [-0.4, -0.2) is 31.2 Å². The monoisotopic (exact) mass is 184 g/mol. The van der Waals surface area contributed by atoms with Crippen LogP contribution in [0, 0.1) is 0 Å². The molecule has 2 aliphatic heterocycles. The van der Waals surface area contributed by atoms with Crippen molar-refractivity contribution in [1.82, 2.24) is 10.2 Å². The van der Waals surface area contributed by atoms with E-state index in [0.29, 0.717) is 0 Å². The van der Waals surface area contributed by atoms with E-state index < -0.39 is 0 Å². The van der Waals surface area contributed by atoms with Gasteiger partial charge in [-0.15, -0.1) is 0 Å².